The lowest BCUT2D eigenvalue weighted by Crippen LogP contribution is -2.20. The van der Waals surface area contributed by atoms with Crippen molar-refractivity contribution < 1.29 is 8.42 Å². The third kappa shape index (κ3) is 5.99. The van der Waals surface area contributed by atoms with E-state index in [1.807, 2.05) is 6.92 Å². The van der Waals surface area contributed by atoms with E-state index in [9.17, 15) is 8.42 Å². The summed E-state index contributed by atoms with van der Waals surface area (Å²) in [4.78, 5) is 0. The van der Waals surface area contributed by atoms with Crippen LogP contribution in [0, 0.1) is 0 Å². The highest BCUT2D eigenvalue weighted by Crippen LogP contribution is 2.13. The highest BCUT2D eigenvalue weighted by atomic mass is 32.2. The Kier molecular flexibility index (Phi) is 5.86. The first-order chi connectivity index (χ1) is 8.03. The van der Waals surface area contributed by atoms with Crippen molar-refractivity contribution in [2.75, 3.05) is 30.9 Å². The predicted molar refractivity (Wildman–Crippen MR) is 66.8 cm³/mol. The fourth-order valence-electron chi connectivity index (χ4n) is 1.09. The molecule has 0 spiro atoms. The van der Waals surface area contributed by atoms with Crippen LogP contribution in [-0.2, 0) is 16.4 Å². The summed E-state index contributed by atoms with van der Waals surface area (Å²) in [6.07, 6.45) is 1.22. The Morgan fingerprint density at radius 1 is 1.47 bits per heavy atom. The number of nitrogens with zero attached hydrogens (tertiary/aromatic N) is 4. The van der Waals surface area contributed by atoms with Crippen LogP contribution in [0.5, 0.6) is 0 Å². The Labute approximate surface area is 105 Å². The fraction of sp³-hybridized carbons (Fsp3) is 0.875. The minimum absolute atomic E-state index is 0.137. The molecule has 0 amide bonds. The fourth-order valence-corrected chi connectivity index (χ4v) is 3.18. The second kappa shape index (κ2) is 6.92. The normalized spacial score (nSPS) is 11.9. The lowest BCUT2D eigenvalue weighted by molar-refractivity contribution is 0.518. The summed E-state index contributed by atoms with van der Waals surface area (Å²) in [5.41, 5.74) is 0. The summed E-state index contributed by atoms with van der Waals surface area (Å²) in [6, 6.07) is 0. The summed E-state index contributed by atoms with van der Waals surface area (Å²) in [6.45, 7) is 4.41. The molecular weight excluding hydrogens is 262 g/mol. The lowest BCUT2D eigenvalue weighted by Gasteiger charge is -2.04. The molecule has 0 saturated heterocycles. The molecule has 0 aromatic carbocycles. The van der Waals surface area contributed by atoms with Crippen molar-refractivity contribution in [3.05, 3.63) is 0 Å². The van der Waals surface area contributed by atoms with Crippen molar-refractivity contribution in [3.63, 3.8) is 0 Å². The number of rotatable bonds is 8. The van der Waals surface area contributed by atoms with E-state index in [1.54, 1.807) is 4.68 Å². The molecule has 7 nitrogen and oxygen atoms in total. The Balaban J connectivity index is 2.40. The zero-order valence-corrected chi connectivity index (χ0v) is 11.6. The van der Waals surface area contributed by atoms with Crippen LogP contribution in [0.25, 0.3) is 0 Å². The van der Waals surface area contributed by atoms with Crippen molar-refractivity contribution in [1.29, 1.82) is 0 Å². The van der Waals surface area contributed by atoms with Gasteiger partial charge in [0.05, 0.1) is 12.3 Å². The molecule has 0 saturated carbocycles. The van der Waals surface area contributed by atoms with Gasteiger partial charge in [-0.05, 0) is 17.0 Å². The summed E-state index contributed by atoms with van der Waals surface area (Å²) in [7, 11) is -2.92. The maximum absolute atomic E-state index is 11.0. The molecule has 0 bridgehead atoms. The zero-order valence-electron chi connectivity index (χ0n) is 9.96. The molecule has 0 aliphatic heterocycles. The van der Waals surface area contributed by atoms with Gasteiger partial charge >= 0.3 is 0 Å². The molecule has 1 N–H and O–H groups in total. The molecule has 1 aromatic heterocycles. The monoisotopic (exact) mass is 279 g/mol. The van der Waals surface area contributed by atoms with E-state index in [4.69, 9.17) is 0 Å². The summed E-state index contributed by atoms with van der Waals surface area (Å²) >= 11 is 1.36. The number of aromatic nitrogens is 4. The standard InChI is InChI=1S/C8H17N5O2S2/c1-3-9-4-5-13-8(10-11-12-13)16-6-7-17(2,14)15/h9H,3-7H2,1-2H3. The average Bonchev–Trinajstić information content (AvgIpc) is 2.64. The zero-order chi connectivity index (χ0) is 12.7. The third-order valence-corrected chi connectivity index (χ3v) is 4.10. The van der Waals surface area contributed by atoms with Crippen molar-refractivity contribution in [2.24, 2.45) is 0 Å². The molecule has 0 fully saturated rings. The molecule has 17 heavy (non-hydrogen) atoms. The van der Waals surface area contributed by atoms with Crippen LogP contribution in [0.2, 0.25) is 0 Å². The quantitative estimate of drug-likeness (QED) is 0.503. The maximum Gasteiger partial charge on any atom is 0.209 e. The van der Waals surface area contributed by atoms with Crippen LogP contribution in [0.3, 0.4) is 0 Å². The number of sulfone groups is 1. The van der Waals surface area contributed by atoms with Gasteiger partial charge in [-0.3, -0.25) is 0 Å². The van der Waals surface area contributed by atoms with E-state index >= 15 is 0 Å². The molecule has 0 atom stereocenters. The Hall–Kier alpha value is -0.670. The molecule has 0 radical (unpaired) electrons. The van der Waals surface area contributed by atoms with Crippen LogP contribution >= 0.6 is 11.8 Å². The van der Waals surface area contributed by atoms with Crippen LogP contribution in [-0.4, -0.2) is 59.5 Å². The first-order valence-corrected chi connectivity index (χ1v) is 8.35. The minimum Gasteiger partial charge on any atom is -0.315 e. The van der Waals surface area contributed by atoms with E-state index in [2.05, 4.69) is 20.8 Å². The second-order valence-corrected chi connectivity index (χ2v) is 6.84. The van der Waals surface area contributed by atoms with Gasteiger partial charge in [-0.2, -0.15) is 0 Å². The molecule has 0 unspecified atom stereocenters. The van der Waals surface area contributed by atoms with Crippen LogP contribution < -0.4 is 5.32 Å². The SMILES string of the molecule is CCNCCn1nnnc1SCCS(C)(=O)=O. The van der Waals surface area contributed by atoms with Crippen molar-refractivity contribution >= 4 is 21.6 Å². The van der Waals surface area contributed by atoms with E-state index in [-0.39, 0.29) is 5.75 Å². The maximum atomic E-state index is 11.0. The minimum atomic E-state index is -2.92. The smallest absolute Gasteiger partial charge is 0.209 e. The van der Waals surface area contributed by atoms with Gasteiger partial charge in [0.15, 0.2) is 0 Å². The lowest BCUT2D eigenvalue weighted by atomic mass is 10.6. The summed E-state index contributed by atoms with van der Waals surface area (Å²) in [5, 5.41) is 15.1. The van der Waals surface area contributed by atoms with Gasteiger partial charge in [0.2, 0.25) is 5.16 Å². The van der Waals surface area contributed by atoms with E-state index in [1.165, 1.54) is 18.0 Å². The molecule has 9 heteroatoms. The number of hydrogen-bond acceptors (Lipinski definition) is 7. The van der Waals surface area contributed by atoms with Crippen molar-refractivity contribution in [3.8, 4) is 0 Å². The van der Waals surface area contributed by atoms with Gasteiger partial charge in [-0.15, -0.1) is 5.10 Å². The van der Waals surface area contributed by atoms with Gasteiger partial charge in [0.25, 0.3) is 0 Å². The number of hydrogen-bond donors (Lipinski definition) is 1. The Morgan fingerprint density at radius 3 is 2.88 bits per heavy atom. The third-order valence-electron chi connectivity index (χ3n) is 1.93. The molecule has 98 valence electrons. The molecule has 1 aromatic rings. The van der Waals surface area contributed by atoms with Gasteiger partial charge in [-0.1, -0.05) is 18.7 Å². The average molecular weight is 279 g/mol. The van der Waals surface area contributed by atoms with Crippen molar-refractivity contribution in [1.82, 2.24) is 25.5 Å². The van der Waals surface area contributed by atoms with E-state index in [0.29, 0.717) is 17.5 Å². The molecule has 1 rings (SSSR count). The van der Waals surface area contributed by atoms with E-state index in [0.717, 1.165) is 13.1 Å². The number of tetrazole rings is 1. The largest absolute Gasteiger partial charge is 0.315 e. The highest BCUT2D eigenvalue weighted by molar-refractivity contribution is 8.00. The van der Waals surface area contributed by atoms with Gasteiger partial charge in [0.1, 0.15) is 9.84 Å². The molecular formula is C8H17N5O2S2. The first-order valence-electron chi connectivity index (χ1n) is 5.30. The van der Waals surface area contributed by atoms with Gasteiger partial charge in [-0.25, -0.2) is 13.1 Å². The van der Waals surface area contributed by atoms with E-state index < -0.39 is 9.84 Å². The van der Waals surface area contributed by atoms with Crippen molar-refractivity contribution in [2.45, 2.75) is 18.6 Å². The van der Waals surface area contributed by atoms with Gasteiger partial charge < -0.3 is 5.32 Å². The van der Waals surface area contributed by atoms with Gasteiger partial charge in [0, 0.05) is 18.6 Å². The number of likely N-dealkylation sites (N-methyl/N-ethyl adjacent to an activating group) is 1. The summed E-state index contributed by atoms with van der Waals surface area (Å²) < 4.78 is 23.6. The van der Waals surface area contributed by atoms with Crippen LogP contribution in [0.4, 0.5) is 0 Å². The topological polar surface area (TPSA) is 89.8 Å². The first kappa shape index (κ1) is 14.4. The Morgan fingerprint density at radius 2 is 2.24 bits per heavy atom. The Bertz CT molecular complexity index is 431. The second-order valence-electron chi connectivity index (χ2n) is 3.52. The molecule has 1 heterocycles. The molecule has 0 aliphatic rings. The van der Waals surface area contributed by atoms with Crippen LogP contribution in [0.1, 0.15) is 6.92 Å². The highest BCUT2D eigenvalue weighted by Gasteiger charge is 2.08. The summed E-state index contributed by atoms with van der Waals surface area (Å²) in [5.74, 6) is 0.609. The predicted octanol–water partition coefficient (Wildman–Crippen LogP) is -0.581. The number of nitrogens with one attached hydrogen (secondary N) is 1. The van der Waals surface area contributed by atoms with Crippen LogP contribution in [0.15, 0.2) is 5.16 Å². The number of thioether (sulfide) groups is 1. The molecule has 0 aliphatic carbocycles.